The molecule has 32 heavy (non-hydrogen) atoms. The molecular formula is C24H25FN2O5. The summed E-state index contributed by atoms with van der Waals surface area (Å²) in [7, 11) is 0. The van der Waals surface area contributed by atoms with Crippen LogP contribution in [0.3, 0.4) is 0 Å². The van der Waals surface area contributed by atoms with Gasteiger partial charge in [-0.25, -0.2) is 4.39 Å². The monoisotopic (exact) mass is 440 g/mol. The van der Waals surface area contributed by atoms with Gasteiger partial charge in [-0.2, -0.15) is 0 Å². The molecule has 1 fully saturated rings. The number of rotatable bonds is 8. The van der Waals surface area contributed by atoms with Gasteiger partial charge < -0.3 is 19.2 Å². The second-order valence-corrected chi connectivity index (χ2v) is 7.71. The van der Waals surface area contributed by atoms with E-state index in [0.29, 0.717) is 25.4 Å². The highest BCUT2D eigenvalue weighted by atomic mass is 19.1. The van der Waals surface area contributed by atoms with Crippen LogP contribution in [0.2, 0.25) is 0 Å². The van der Waals surface area contributed by atoms with Crippen LogP contribution in [0.25, 0.3) is 6.08 Å². The van der Waals surface area contributed by atoms with Crippen LogP contribution in [0.1, 0.15) is 23.8 Å². The van der Waals surface area contributed by atoms with Crippen molar-refractivity contribution in [3.8, 4) is 0 Å². The van der Waals surface area contributed by atoms with Crippen LogP contribution in [0.15, 0.2) is 64.5 Å². The van der Waals surface area contributed by atoms with Gasteiger partial charge in [0.2, 0.25) is 0 Å². The lowest BCUT2D eigenvalue weighted by Gasteiger charge is -2.30. The molecule has 1 N–H and O–H groups in total. The molecule has 0 radical (unpaired) electrons. The Morgan fingerprint density at radius 1 is 1.16 bits per heavy atom. The van der Waals surface area contributed by atoms with Gasteiger partial charge in [0.15, 0.2) is 11.5 Å². The maximum Gasteiger partial charge on any atom is 0.290 e. The molecule has 0 bridgehead atoms. The summed E-state index contributed by atoms with van der Waals surface area (Å²) in [5, 5.41) is 10.6. The molecule has 0 aliphatic carbocycles. The Morgan fingerprint density at radius 2 is 1.94 bits per heavy atom. The number of aliphatic hydroxyl groups is 1. The fourth-order valence-corrected chi connectivity index (χ4v) is 4.08. The predicted molar refractivity (Wildman–Crippen MR) is 115 cm³/mol. The first kappa shape index (κ1) is 22.0. The first-order valence-electron chi connectivity index (χ1n) is 10.6. The van der Waals surface area contributed by atoms with Gasteiger partial charge in [0, 0.05) is 31.7 Å². The second kappa shape index (κ2) is 9.93. The minimum atomic E-state index is -0.998. The van der Waals surface area contributed by atoms with Crippen molar-refractivity contribution in [3.05, 3.63) is 77.2 Å². The number of morpholine rings is 1. The molecule has 7 nitrogen and oxygen atoms in total. The molecule has 2 aliphatic rings. The molecule has 168 valence electrons. The minimum Gasteiger partial charge on any atom is -0.503 e. The number of nitrogens with zero attached hydrogens (tertiary/aromatic N) is 2. The van der Waals surface area contributed by atoms with Gasteiger partial charge in [-0.05, 0) is 36.8 Å². The second-order valence-electron chi connectivity index (χ2n) is 7.71. The van der Waals surface area contributed by atoms with Crippen molar-refractivity contribution in [3.63, 3.8) is 0 Å². The number of ketones is 1. The van der Waals surface area contributed by atoms with Crippen LogP contribution >= 0.6 is 0 Å². The molecule has 1 atom stereocenters. The standard InChI is InChI=1S/C24H25FN2O5/c25-19-7-2-1-6-18(19)22-21(20(28)9-8-17-5-3-14-32-17)23(29)24(30)27(22)11-4-10-26-12-15-31-16-13-26/h1-3,5-9,14,22,29H,4,10-13,15-16H2. The van der Waals surface area contributed by atoms with Crippen molar-refractivity contribution < 1.29 is 28.2 Å². The van der Waals surface area contributed by atoms with E-state index in [1.807, 2.05) is 0 Å². The van der Waals surface area contributed by atoms with Crippen molar-refractivity contribution >= 4 is 17.8 Å². The maximum atomic E-state index is 14.7. The largest absolute Gasteiger partial charge is 0.503 e. The molecule has 1 unspecified atom stereocenters. The summed E-state index contributed by atoms with van der Waals surface area (Å²) in [6, 6.07) is 8.35. The molecular weight excluding hydrogens is 415 g/mol. The van der Waals surface area contributed by atoms with E-state index in [9.17, 15) is 19.1 Å². The van der Waals surface area contributed by atoms with E-state index < -0.39 is 29.3 Å². The minimum absolute atomic E-state index is 0.130. The summed E-state index contributed by atoms with van der Waals surface area (Å²) < 4.78 is 25.3. The number of hydrogen-bond acceptors (Lipinski definition) is 6. The Hall–Kier alpha value is -3.23. The smallest absolute Gasteiger partial charge is 0.290 e. The average Bonchev–Trinajstić information content (AvgIpc) is 3.41. The summed E-state index contributed by atoms with van der Waals surface area (Å²) >= 11 is 0. The number of carbonyl (C=O) groups excluding carboxylic acids is 2. The third kappa shape index (κ3) is 4.66. The Bertz CT molecular complexity index is 1020. The third-order valence-corrected chi connectivity index (χ3v) is 5.69. The zero-order valence-corrected chi connectivity index (χ0v) is 17.6. The Labute approximate surface area is 185 Å². The van der Waals surface area contributed by atoms with Crippen molar-refractivity contribution in [1.82, 2.24) is 9.80 Å². The fourth-order valence-electron chi connectivity index (χ4n) is 4.08. The fraction of sp³-hybridized carbons (Fsp3) is 0.333. The lowest BCUT2D eigenvalue weighted by Crippen LogP contribution is -2.39. The molecule has 2 aromatic rings. The Kier molecular flexibility index (Phi) is 6.82. The van der Waals surface area contributed by atoms with Crippen molar-refractivity contribution in [2.45, 2.75) is 12.5 Å². The summed E-state index contributed by atoms with van der Waals surface area (Å²) in [5.74, 6) is -1.98. The molecule has 0 spiro atoms. The molecule has 1 saturated heterocycles. The SMILES string of the molecule is O=C(C=Cc1ccco1)C1=C(O)C(=O)N(CCCN2CCOCC2)C1c1ccccc1F. The van der Waals surface area contributed by atoms with E-state index >= 15 is 0 Å². The molecule has 4 rings (SSSR count). The number of carbonyl (C=O) groups is 2. The van der Waals surface area contributed by atoms with Crippen LogP contribution < -0.4 is 0 Å². The molecule has 1 aromatic carbocycles. The Morgan fingerprint density at radius 3 is 2.66 bits per heavy atom. The van der Waals surface area contributed by atoms with Crippen LogP contribution in [0.4, 0.5) is 4.39 Å². The first-order valence-corrected chi connectivity index (χ1v) is 10.6. The van der Waals surface area contributed by atoms with E-state index in [0.717, 1.165) is 19.6 Å². The zero-order chi connectivity index (χ0) is 22.5. The molecule has 2 aliphatic heterocycles. The zero-order valence-electron chi connectivity index (χ0n) is 17.6. The van der Waals surface area contributed by atoms with Gasteiger partial charge in [0.05, 0.1) is 31.1 Å². The molecule has 1 amide bonds. The number of aliphatic hydroxyl groups excluding tert-OH is 1. The van der Waals surface area contributed by atoms with Crippen LogP contribution in [0.5, 0.6) is 0 Å². The highest BCUT2D eigenvalue weighted by molar-refractivity contribution is 6.14. The van der Waals surface area contributed by atoms with Gasteiger partial charge in [0.1, 0.15) is 11.6 Å². The Balaban J connectivity index is 1.58. The quantitative estimate of drug-likeness (QED) is 0.635. The molecule has 1 aromatic heterocycles. The number of amides is 1. The lowest BCUT2D eigenvalue weighted by atomic mass is 9.95. The maximum absolute atomic E-state index is 14.7. The first-order chi connectivity index (χ1) is 15.6. The van der Waals surface area contributed by atoms with E-state index in [1.54, 1.807) is 24.3 Å². The summed E-state index contributed by atoms with van der Waals surface area (Å²) in [6.07, 6.45) is 4.77. The average molecular weight is 440 g/mol. The highest BCUT2D eigenvalue weighted by Crippen LogP contribution is 2.39. The van der Waals surface area contributed by atoms with Gasteiger partial charge >= 0.3 is 0 Å². The van der Waals surface area contributed by atoms with Gasteiger partial charge in [-0.3, -0.25) is 14.5 Å². The molecule has 3 heterocycles. The van der Waals surface area contributed by atoms with Crippen molar-refractivity contribution in [2.24, 2.45) is 0 Å². The predicted octanol–water partition coefficient (Wildman–Crippen LogP) is 3.12. The summed E-state index contributed by atoms with van der Waals surface area (Å²) in [4.78, 5) is 29.5. The van der Waals surface area contributed by atoms with E-state index in [1.165, 1.54) is 35.4 Å². The topological polar surface area (TPSA) is 83.2 Å². The van der Waals surface area contributed by atoms with E-state index in [4.69, 9.17) is 9.15 Å². The van der Waals surface area contributed by atoms with Crippen LogP contribution in [0, 0.1) is 5.82 Å². The number of benzene rings is 1. The number of ether oxygens (including phenoxy) is 1. The van der Waals surface area contributed by atoms with Gasteiger partial charge in [0.25, 0.3) is 5.91 Å². The molecule has 0 saturated carbocycles. The highest BCUT2D eigenvalue weighted by Gasteiger charge is 2.43. The van der Waals surface area contributed by atoms with Crippen LogP contribution in [-0.4, -0.2) is 66.0 Å². The van der Waals surface area contributed by atoms with Gasteiger partial charge in [-0.1, -0.05) is 18.2 Å². The number of halogens is 1. The molecule has 8 heteroatoms. The number of hydrogen-bond donors (Lipinski definition) is 1. The normalized spacial score (nSPS) is 20.0. The van der Waals surface area contributed by atoms with Crippen molar-refractivity contribution in [2.75, 3.05) is 39.4 Å². The third-order valence-electron chi connectivity index (χ3n) is 5.69. The lowest BCUT2D eigenvalue weighted by molar-refractivity contribution is -0.129. The van der Waals surface area contributed by atoms with E-state index in [-0.39, 0.29) is 17.7 Å². The number of furan rings is 1. The van der Waals surface area contributed by atoms with Gasteiger partial charge in [-0.15, -0.1) is 0 Å². The summed E-state index contributed by atoms with van der Waals surface area (Å²) in [6.45, 7) is 3.98. The van der Waals surface area contributed by atoms with Crippen LogP contribution in [-0.2, 0) is 14.3 Å². The summed E-state index contributed by atoms with van der Waals surface area (Å²) in [5.41, 5.74) is 0.0419. The van der Waals surface area contributed by atoms with Crippen molar-refractivity contribution in [1.29, 1.82) is 0 Å². The van der Waals surface area contributed by atoms with E-state index in [2.05, 4.69) is 4.90 Å². The number of allylic oxidation sites excluding steroid dienone is 1.